The number of hydrogen-bond donors (Lipinski definition) is 0. The fourth-order valence-electron chi connectivity index (χ4n) is 2.91. The van der Waals surface area contributed by atoms with Crippen LogP contribution in [0.1, 0.15) is 30.3 Å². The molecule has 5 heteroatoms. The third kappa shape index (κ3) is 3.64. The van der Waals surface area contributed by atoms with Gasteiger partial charge in [-0.25, -0.2) is 0 Å². The molecule has 0 aromatic carbocycles. The Bertz CT molecular complexity index is 462. The van der Waals surface area contributed by atoms with Gasteiger partial charge in [0.05, 0.1) is 0 Å². The molecule has 1 aliphatic rings. The lowest BCUT2D eigenvalue weighted by Crippen LogP contribution is -2.41. The number of halogens is 1. The molecule has 0 aliphatic carbocycles. The molecule has 1 amide bonds. The van der Waals surface area contributed by atoms with Gasteiger partial charge in [-0.3, -0.25) is 4.79 Å². The minimum atomic E-state index is 0.167. The van der Waals surface area contributed by atoms with Gasteiger partial charge in [0.1, 0.15) is 5.69 Å². The van der Waals surface area contributed by atoms with Crippen molar-refractivity contribution in [2.24, 2.45) is 5.92 Å². The number of likely N-dealkylation sites (tertiary alicyclic amines) is 1. The lowest BCUT2D eigenvalue weighted by atomic mass is 9.96. The van der Waals surface area contributed by atoms with Gasteiger partial charge in [0.15, 0.2) is 0 Å². The van der Waals surface area contributed by atoms with Crippen molar-refractivity contribution in [2.75, 3.05) is 33.7 Å². The number of carbonyl (C=O) groups is 1. The topological polar surface area (TPSA) is 28.5 Å². The van der Waals surface area contributed by atoms with Gasteiger partial charge >= 0.3 is 0 Å². The van der Waals surface area contributed by atoms with Crippen molar-refractivity contribution in [2.45, 2.75) is 26.3 Å². The molecule has 1 aromatic rings. The Morgan fingerprint density at radius 3 is 2.60 bits per heavy atom. The van der Waals surface area contributed by atoms with Crippen molar-refractivity contribution in [1.82, 2.24) is 14.4 Å². The predicted molar refractivity (Wildman–Crippen MR) is 85.0 cm³/mol. The molecule has 2 heterocycles. The summed E-state index contributed by atoms with van der Waals surface area (Å²) in [6.45, 7) is 5.77. The first kappa shape index (κ1) is 15.6. The van der Waals surface area contributed by atoms with Gasteiger partial charge in [0, 0.05) is 36.8 Å². The minimum absolute atomic E-state index is 0.167. The van der Waals surface area contributed by atoms with Crippen molar-refractivity contribution in [1.29, 1.82) is 0 Å². The van der Waals surface area contributed by atoms with Gasteiger partial charge < -0.3 is 14.4 Å². The van der Waals surface area contributed by atoms with Gasteiger partial charge in [-0.2, -0.15) is 0 Å². The Kier molecular flexibility index (Phi) is 5.27. The number of nitrogens with zero attached hydrogens (tertiary/aromatic N) is 3. The molecule has 0 radical (unpaired) electrons. The van der Waals surface area contributed by atoms with E-state index in [1.165, 1.54) is 0 Å². The van der Waals surface area contributed by atoms with Gasteiger partial charge in [-0.05, 0) is 61.8 Å². The smallest absolute Gasteiger partial charge is 0.270 e. The molecule has 0 atom stereocenters. The number of amides is 1. The van der Waals surface area contributed by atoms with Gasteiger partial charge in [0.25, 0.3) is 5.91 Å². The van der Waals surface area contributed by atoms with E-state index in [2.05, 4.69) is 41.8 Å². The monoisotopic (exact) mass is 341 g/mol. The van der Waals surface area contributed by atoms with E-state index in [1.807, 2.05) is 21.7 Å². The van der Waals surface area contributed by atoms with Crippen LogP contribution in [0.2, 0.25) is 0 Å². The molecule has 1 fully saturated rings. The van der Waals surface area contributed by atoms with Crippen LogP contribution in [-0.4, -0.2) is 54.0 Å². The van der Waals surface area contributed by atoms with Crippen LogP contribution in [-0.2, 0) is 6.54 Å². The van der Waals surface area contributed by atoms with E-state index in [0.29, 0.717) is 0 Å². The normalized spacial score (nSPS) is 16.9. The van der Waals surface area contributed by atoms with Crippen molar-refractivity contribution in [3.05, 3.63) is 22.4 Å². The van der Waals surface area contributed by atoms with E-state index in [9.17, 15) is 4.79 Å². The van der Waals surface area contributed by atoms with Crippen LogP contribution in [0.15, 0.2) is 16.7 Å². The molecule has 112 valence electrons. The Hall–Kier alpha value is -0.810. The Labute approximate surface area is 129 Å². The minimum Gasteiger partial charge on any atom is -0.343 e. The quantitative estimate of drug-likeness (QED) is 0.842. The SMILES string of the molecule is CCn1cc(Br)cc1C(=O)N1CCC(CN(C)C)CC1. The maximum Gasteiger partial charge on any atom is 0.270 e. The van der Waals surface area contributed by atoms with Crippen LogP contribution in [0.4, 0.5) is 0 Å². The summed E-state index contributed by atoms with van der Waals surface area (Å²) in [4.78, 5) is 16.8. The Morgan fingerprint density at radius 1 is 1.40 bits per heavy atom. The first-order valence-electron chi connectivity index (χ1n) is 7.31. The molecule has 1 aromatic heterocycles. The average Bonchev–Trinajstić information content (AvgIpc) is 2.79. The summed E-state index contributed by atoms with van der Waals surface area (Å²) in [7, 11) is 4.23. The van der Waals surface area contributed by atoms with Gasteiger partial charge in [-0.1, -0.05) is 0 Å². The average molecular weight is 342 g/mol. The van der Waals surface area contributed by atoms with Crippen molar-refractivity contribution < 1.29 is 4.79 Å². The van der Waals surface area contributed by atoms with E-state index in [1.54, 1.807) is 0 Å². The first-order valence-corrected chi connectivity index (χ1v) is 8.10. The summed E-state index contributed by atoms with van der Waals surface area (Å²) in [6, 6.07) is 1.93. The molecule has 0 spiro atoms. The molecular formula is C15H24BrN3O. The lowest BCUT2D eigenvalue weighted by Gasteiger charge is -2.33. The molecule has 20 heavy (non-hydrogen) atoms. The van der Waals surface area contributed by atoms with E-state index in [0.717, 1.165) is 55.1 Å². The number of hydrogen-bond acceptors (Lipinski definition) is 2. The summed E-state index contributed by atoms with van der Waals surface area (Å²) >= 11 is 3.46. The second-order valence-corrected chi connectivity index (χ2v) is 6.74. The van der Waals surface area contributed by atoms with Crippen molar-refractivity contribution in [3.8, 4) is 0 Å². The standard InChI is InChI=1S/C15H24BrN3O/c1-4-18-11-13(16)9-14(18)15(20)19-7-5-12(6-8-19)10-17(2)3/h9,11-12H,4-8,10H2,1-3H3. The van der Waals surface area contributed by atoms with Crippen LogP contribution < -0.4 is 0 Å². The fourth-order valence-corrected chi connectivity index (χ4v) is 3.38. The second-order valence-electron chi connectivity index (χ2n) is 5.83. The third-order valence-electron chi connectivity index (χ3n) is 3.95. The summed E-state index contributed by atoms with van der Waals surface area (Å²) in [5.41, 5.74) is 0.797. The zero-order valence-electron chi connectivity index (χ0n) is 12.6. The maximum atomic E-state index is 12.6. The van der Waals surface area contributed by atoms with Crippen LogP contribution in [0.3, 0.4) is 0 Å². The number of aryl methyl sites for hydroxylation is 1. The fraction of sp³-hybridized carbons (Fsp3) is 0.667. The molecule has 1 aliphatic heterocycles. The Balaban J connectivity index is 1.98. The molecular weight excluding hydrogens is 318 g/mol. The van der Waals surface area contributed by atoms with Gasteiger partial charge in [-0.15, -0.1) is 0 Å². The highest BCUT2D eigenvalue weighted by molar-refractivity contribution is 9.10. The largest absolute Gasteiger partial charge is 0.343 e. The van der Waals surface area contributed by atoms with Crippen LogP contribution >= 0.6 is 15.9 Å². The summed E-state index contributed by atoms with van der Waals surface area (Å²) in [5.74, 6) is 0.889. The second kappa shape index (κ2) is 6.76. The molecule has 2 rings (SSSR count). The lowest BCUT2D eigenvalue weighted by molar-refractivity contribution is 0.0667. The van der Waals surface area contributed by atoms with E-state index in [-0.39, 0.29) is 5.91 Å². The number of carbonyl (C=O) groups excluding carboxylic acids is 1. The maximum absolute atomic E-state index is 12.6. The van der Waals surface area contributed by atoms with Gasteiger partial charge in [0.2, 0.25) is 0 Å². The zero-order chi connectivity index (χ0) is 14.7. The third-order valence-corrected chi connectivity index (χ3v) is 4.38. The highest BCUT2D eigenvalue weighted by Gasteiger charge is 2.25. The van der Waals surface area contributed by atoms with Crippen molar-refractivity contribution >= 4 is 21.8 Å². The Morgan fingerprint density at radius 2 is 2.05 bits per heavy atom. The molecule has 0 bridgehead atoms. The van der Waals surface area contributed by atoms with E-state index in [4.69, 9.17) is 0 Å². The summed E-state index contributed by atoms with van der Waals surface area (Å²) in [6.07, 6.45) is 4.20. The number of rotatable bonds is 4. The molecule has 0 saturated carbocycles. The highest BCUT2D eigenvalue weighted by atomic mass is 79.9. The van der Waals surface area contributed by atoms with E-state index >= 15 is 0 Å². The van der Waals surface area contributed by atoms with Crippen LogP contribution in [0.5, 0.6) is 0 Å². The molecule has 1 saturated heterocycles. The summed E-state index contributed by atoms with van der Waals surface area (Å²) in [5, 5.41) is 0. The highest BCUT2D eigenvalue weighted by Crippen LogP contribution is 2.22. The zero-order valence-corrected chi connectivity index (χ0v) is 14.2. The van der Waals surface area contributed by atoms with E-state index < -0.39 is 0 Å². The van der Waals surface area contributed by atoms with Crippen molar-refractivity contribution in [3.63, 3.8) is 0 Å². The molecule has 4 nitrogen and oxygen atoms in total. The van der Waals surface area contributed by atoms with Crippen LogP contribution in [0.25, 0.3) is 0 Å². The number of aromatic nitrogens is 1. The predicted octanol–water partition coefficient (Wildman–Crippen LogP) is 2.68. The first-order chi connectivity index (χ1) is 9.51. The number of piperidine rings is 1. The summed E-state index contributed by atoms with van der Waals surface area (Å²) < 4.78 is 2.99. The molecule has 0 unspecified atom stereocenters. The molecule has 0 N–H and O–H groups in total. The van der Waals surface area contributed by atoms with Crippen LogP contribution in [0, 0.1) is 5.92 Å².